The zero-order valence-electron chi connectivity index (χ0n) is 13.9. The molecule has 1 aliphatic carbocycles. The van der Waals surface area contributed by atoms with Gasteiger partial charge in [0.15, 0.2) is 0 Å². The van der Waals surface area contributed by atoms with Crippen LogP contribution in [0.1, 0.15) is 44.2 Å². The van der Waals surface area contributed by atoms with Crippen LogP contribution in [-0.2, 0) is 7.05 Å². The molecule has 1 saturated heterocycles. The van der Waals surface area contributed by atoms with Crippen LogP contribution in [0.4, 0.5) is 5.95 Å². The van der Waals surface area contributed by atoms with Gasteiger partial charge in [-0.25, -0.2) is 4.98 Å². The predicted octanol–water partition coefficient (Wildman–Crippen LogP) is 2.33. The minimum absolute atomic E-state index is 0.0158. The number of anilines is 1. The van der Waals surface area contributed by atoms with E-state index < -0.39 is 0 Å². The van der Waals surface area contributed by atoms with Gasteiger partial charge in [-0.05, 0) is 43.2 Å². The van der Waals surface area contributed by atoms with Crippen LogP contribution < -0.4 is 16.2 Å². The predicted molar refractivity (Wildman–Crippen MR) is 92.7 cm³/mol. The first kappa shape index (κ1) is 14.7. The highest BCUT2D eigenvalue weighted by Crippen LogP contribution is 2.48. The Bertz CT molecular complexity index is 820. The average molecular weight is 312 g/mol. The van der Waals surface area contributed by atoms with Crippen molar-refractivity contribution in [2.24, 2.45) is 18.2 Å². The lowest BCUT2D eigenvalue weighted by Crippen LogP contribution is -2.35. The number of aromatic nitrogens is 2. The van der Waals surface area contributed by atoms with Crippen LogP contribution in [0.25, 0.3) is 10.9 Å². The van der Waals surface area contributed by atoms with Crippen molar-refractivity contribution in [1.29, 1.82) is 0 Å². The molecular weight excluding hydrogens is 288 g/mol. The standard InChI is InChI=1S/C18H24N4O/c1-12(19)13-5-3-6-14-15(13)20-17(21(2)16(14)23)22-10-9-18(11-22)7-4-8-18/h3,5-6,12H,4,7-11,19H2,1-2H3. The largest absolute Gasteiger partial charge is 0.342 e. The molecule has 1 spiro atoms. The van der Waals surface area contributed by atoms with Crippen LogP contribution in [0, 0.1) is 5.41 Å². The van der Waals surface area contributed by atoms with Gasteiger partial charge in [0.25, 0.3) is 5.56 Å². The molecule has 2 fully saturated rings. The van der Waals surface area contributed by atoms with Gasteiger partial charge in [-0.2, -0.15) is 0 Å². The maximum atomic E-state index is 12.8. The SMILES string of the molecule is CC(N)c1cccc2c(=O)n(C)c(N3CCC4(CCC4)C3)nc12. The molecule has 1 atom stereocenters. The molecule has 122 valence electrons. The highest BCUT2D eigenvalue weighted by Gasteiger charge is 2.43. The Kier molecular flexibility index (Phi) is 3.23. The number of para-hydroxylation sites is 1. The van der Waals surface area contributed by atoms with E-state index in [-0.39, 0.29) is 11.6 Å². The summed E-state index contributed by atoms with van der Waals surface area (Å²) in [7, 11) is 1.83. The van der Waals surface area contributed by atoms with Gasteiger partial charge < -0.3 is 10.6 Å². The van der Waals surface area contributed by atoms with E-state index in [1.807, 2.05) is 32.2 Å². The minimum Gasteiger partial charge on any atom is -0.342 e. The molecule has 1 aromatic heterocycles. The molecule has 5 nitrogen and oxygen atoms in total. The molecule has 2 heterocycles. The molecule has 1 unspecified atom stereocenters. The van der Waals surface area contributed by atoms with E-state index in [2.05, 4.69) is 4.90 Å². The summed E-state index contributed by atoms with van der Waals surface area (Å²) in [6, 6.07) is 5.57. The van der Waals surface area contributed by atoms with Crippen LogP contribution >= 0.6 is 0 Å². The molecule has 1 aromatic carbocycles. The summed E-state index contributed by atoms with van der Waals surface area (Å²) in [5.41, 5.74) is 8.28. The van der Waals surface area contributed by atoms with Crippen LogP contribution in [0.3, 0.4) is 0 Å². The molecule has 2 N–H and O–H groups in total. The number of nitrogens with zero attached hydrogens (tertiary/aromatic N) is 3. The van der Waals surface area contributed by atoms with E-state index in [1.54, 1.807) is 4.57 Å². The second-order valence-electron chi connectivity index (χ2n) is 7.33. The van der Waals surface area contributed by atoms with Gasteiger partial charge in [0.1, 0.15) is 0 Å². The third-order valence-electron chi connectivity index (χ3n) is 5.74. The third-order valence-corrected chi connectivity index (χ3v) is 5.74. The molecule has 5 heteroatoms. The fourth-order valence-electron chi connectivity index (χ4n) is 4.15. The zero-order valence-corrected chi connectivity index (χ0v) is 13.9. The van der Waals surface area contributed by atoms with Crippen molar-refractivity contribution in [2.45, 2.75) is 38.6 Å². The lowest BCUT2D eigenvalue weighted by molar-refractivity contribution is 0.165. The van der Waals surface area contributed by atoms with Gasteiger partial charge in [0, 0.05) is 26.2 Å². The molecule has 1 aliphatic heterocycles. The van der Waals surface area contributed by atoms with Gasteiger partial charge in [-0.1, -0.05) is 18.6 Å². The van der Waals surface area contributed by atoms with Crippen molar-refractivity contribution in [3.8, 4) is 0 Å². The lowest BCUT2D eigenvalue weighted by atomic mass is 9.68. The van der Waals surface area contributed by atoms with Crippen molar-refractivity contribution in [1.82, 2.24) is 9.55 Å². The van der Waals surface area contributed by atoms with Crippen LogP contribution in [0.2, 0.25) is 0 Å². The molecule has 4 rings (SSSR count). The minimum atomic E-state index is -0.136. The topological polar surface area (TPSA) is 64.2 Å². The van der Waals surface area contributed by atoms with Crippen molar-refractivity contribution >= 4 is 16.9 Å². The maximum Gasteiger partial charge on any atom is 0.262 e. The summed E-state index contributed by atoms with van der Waals surface area (Å²) in [5, 5.41) is 0.656. The summed E-state index contributed by atoms with van der Waals surface area (Å²) < 4.78 is 1.70. The van der Waals surface area contributed by atoms with Gasteiger partial charge in [0.2, 0.25) is 5.95 Å². The van der Waals surface area contributed by atoms with Gasteiger partial charge in [0.05, 0.1) is 10.9 Å². The van der Waals surface area contributed by atoms with Crippen LogP contribution in [-0.4, -0.2) is 22.6 Å². The summed E-state index contributed by atoms with van der Waals surface area (Å²) in [5.74, 6) is 0.791. The number of rotatable bonds is 2. The van der Waals surface area contributed by atoms with Crippen molar-refractivity contribution in [3.05, 3.63) is 34.1 Å². The first-order valence-corrected chi connectivity index (χ1v) is 8.51. The highest BCUT2D eigenvalue weighted by atomic mass is 16.1. The van der Waals surface area contributed by atoms with E-state index in [0.717, 1.165) is 30.1 Å². The Labute approximate surface area is 136 Å². The summed E-state index contributed by atoms with van der Waals surface area (Å²) in [4.78, 5) is 19.9. The monoisotopic (exact) mass is 312 g/mol. The molecule has 0 bridgehead atoms. The number of fused-ring (bicyclic) bond motifs is 1. The summed E-state index contributed by atoms with van der Waals surface area (Å²) in [6.45, 7) is 3.96. The van der Waals surface area contributed by atoms with Crippen LogP contribution in [0.15, 0.2) is 23.0 Å². The molecular formula is C18H24N4O. The number of nitrogens with two attached hydrogens (primary N) is 1. The highest BCUT2D eigenvalue weighted by molar-refractivity contribution is 5.82. The number of benzene rings is 1. The van der Waals surface area contributed by atoms with Gasteiger partial charge in [-0.15, -0.1) is 0 Å². The Hall–Kier alpha value is -1.88. The average Bonchev–Trinajstić information content (AvgIpc) is 2.95. The number of hydrogen-bond donors (Lipinski definition) is 1. The third kappa shape index (κ3) is 2.17. The van der Waals surface area contributed by atoms with E-state index in [9.17, 15) is 4.79 Å². The van der Waals surface area contributed by atoms with Crippen molar-refractivity contribution in [2.75, 3.05) is 18.0 Å². The number of hydrogen-bond acceptors (Lipinski definition) is 4. The molecule has 0 amide bonds. The van der Waals surface area contributed by atoms with E-state index in [0.29, 0.717) is 10.8 Å². The normalized spacial score (nSPS) is 20.9. The second-order valence-corrected chi connectivity index (χ2v) is 7.33. The van der Waals surface area contributed by atoms with Gasteiger partial charge in [-0.3, -0.25) is 9.36 Å². The smallest absolute Gasteiger partial charge is 0.262 e. The maximum absolute atomic E-state index is 12.8. The van der Waals surface area contributed by atoms with Crippen molar-refractivity contribution < 1.29 is 0 Å². The second kappa shape index (κ2) is 5.06. The Morgan fingerprint density at radius 2 is 2.09 bits per heavy atom. The Morgan fingerprint density at radius 1 is 1.30 bits per heavy atom. The van der Waals surface area contributed by atoms with Crippen molar-refractivity contribution in [3.63, 3.8) is 0 Å². The van der Waals surface area contributed by atoms with E-state index >= 15 is 0 Å². The Morgan fingerprint density at radius 3 is 2.70 bits per heavy atom. The molecule has 2 aliphatic rings. The first-order chi connectivity index (χ1) is 11.0. The molecule has 1 saturated carbocycles. The summed E-state index contributed by atoms with van der Waals surface area (Å²) in [6.07, 6.45) is 5.19. The van der Waals surface area contributed by atoms with Gasteiger partial charge >= 0.3 is 0 Å². The molecule has 0 radical (unpaired) electrons. The quantitative estimate of drug-likeness (QED) is 0.924. The first-order valence-electron chi connectivity index (χ1n) is 8.51. The van der Waals surface area contributed by atoms with Crippen LogP contribution in [0.5, 0.6) is 0 Å². The Balaban J connectivity index is 1.85. The van der Waals surface area contributed by atoms with E-state index in [4.69, 9.17) is 10.7 Å². The molecule has 23 heavy (non-hydrogen) atoms. The van der Waals surface area contributed by atoms with E-state index in [1.165, 1.54) is 25.7 Å². The molecule has 2 aromatic rings. The lowest BCUT2D eigenvalue weighted by Gasteiger charge is -2.38. The fraction of sp³-hybridized carbons (Fsp3) is 0.556. The zero-order chi connectivity index (χ0) is 16.2. The fourth-order valence-corrected chi connectivity index (χ4v) is 4.15. The summed E-state index contributed by atoms with van der Waals surface area (Å²) >= 11 is 0.